The molecule has 2 aromatic carbocycles. The highest BCUT2D eigenvalue weighted by molar-refractivity contribution is 6.74. The van der Waals surface area contributed by atoms with Crippen LogP contribution in [0.15, 0.2) is 72.9 Å². The molecule has 10 heteroatoms. The van der Waals surface area contributed by atoms with Crippen LogP contribution in [0.1, 0.15) is 36.7 Å². The molecule has 9 nitrogen and oxygen atoms in total. The van der Waals surface area contributed by atoms with E-state index in [0.717, 1.165) is 5.56 Å². The maximum Gasteiger partial charge on any atom is 0.338 e. The SMILES string of the molecule is CC(C)(C)[Si](C)(C)OCC1NN2C=CC(=O)C(OCc3ccccc3)C2C(=O)N1CCOC(=O)c1ccccc1. The number of nitrogens with zero attached hydrogens (tertiary/aromatic N) is 2. The van der Waals surface area contributed by atoms with E-state index in [1.807, 2.05) is 36.4 Å². The fourth-order valence-electron chi connectivity index (χ4n) is 4.30. The molecule has 214 valence electrons. The predicted octanol–water partition coefficient (Wildman–Crippen LogP) is 3.89. The van der Waals surface area contributed by atoms with E-state index in [4.69, 9.17) is 13.9 Å². The van der Waals surface area contributed by atoms with Crippen LogP contribution < -0.4 is 5.43 Å². The molecule has 40 heavy (non-hydrogen) atoms. The molecule has 2 aliphatic rings. The van der Waals surface area contributed by atoms with Crippen LogP contribution in [0.5, 0.6) is 0 Å². The third-order valence-electron chi connectivity index (χ3n) is 7.73. The van der Waals surface area contributed by atoms with Gasteiger partial charge in [-0.1, -0.05) is 69.3 Å². The van der Waals surface area contributed by atoms with Crippen LogP contribution in [0.2, 0.25) is 18.1 Å². The summed E-state index contributed by atoms with van der Waals surface area (Å²) < 4.78 is 18.0. The zero-order valence-corrected chi connectivity index (χ0v) is 24.8. The van der Waals surface area contributed by atoms with Crippen LogP contribution in [-0.2, 0) is 30.1 Å². The molecule has 2 aliphatic heterocycles. The number of ether oxygens (including phenoxy) is 2. The minimum absolute atomic E-state index is 0.0101. The number of amides is 1. The zero-order valence-electron chi connectivity index (χ0n) is 23.8. The van der Waals surface area contributed by atoms with Gasteiger partial charge in [0.25, 0.3) is 5.91 Å². The quantitative estimate of drug-likeness (QED) is 0.342. The van der Waals surface area contributed by atoms with Crippen LogP contribution in [-0.4, -0.2) is 74.0 Å². The van der Waals surface area contributed by atoms with Gasteiger partial charge in [0.1, 0.15) is 12.8 Å². The molecule has 1 fully saturated rings. The lowest BCUT2D eigenvalue weighted by Crippen LogP contribution is -2.72. The Morgan fingerprint density at radius 1 is 1.00 bits per heavy atom. The van der Waals surface area contributed by atoms with Crippen molar-refractivity contribution in [3.63, 3.8) is 0 Å². The predicted molar refractivity (Wildman–Crippen MR) is 153 cm³/mol. The second-order valence-electron chi connectivity index (χ2n) is 11.5. The highest BCUT2D eigenvalue weighted by Gasteiger charge is 2.48. The van der Waals surface area contributed by atoms with E-state index >= 15 is 0 Å². The summed E-state index contributed by atoms with van der Waals surface area (Å²) >= 11 is 0. The number of esters is 1. The first-order chi connectivity index (χ1) is 19.0. The van der Waals surface area contributed by atoms with Gasteiger partial charge in [-0.2, -0.15) is 0 Å². The number of benzene rings is 2. The molecular weight excluding hydrogens is 526 g/mol. The maximum absolute atomic E-state index is 14.0. The lowest BCUT2D eigenvalue weighted by Gasteiger charge is -2.49. The van der Waals surface area contributed by atoms with Crippen molar-refractivity contribution in [1.82, 2.24) is 15.3 Å². The van der Waals surface area contributed by atoms with Crippen LogP contribution in [0.4, 0.5) is 0 Å². The van der Waals surface area contributed by atoms with E-state index in [1.54, 1.807) is 40.4 Å². The van der Waals surface area contributed by atoms with Crippen LogP contribution >= 0.6 is 0 Å². The van der Waals surface area contributed by atoms with Gasteiger partial charge in [0.05, 0.1) is 25.3 Å². The molecule has 1 saturated heterocycles. The third kappa shape index (κ3) is 6.87. The Bertz CT molecular complexity index is 1210. The molecule has 0 saturated carbocycles. The third-order valence-corrected chi connectivity index (χ3v) is 12.2. The van der Waals surface area contributed by atoms with Crippen molar-refractivity contribution in [3.8, 4) is 0 Å². The first-order valence-electron chi connectivity index (χ1n) is 13.6. The van der Waals surface area contributed by atoms with Gasteiger partial charge in [-0.3, -0.25) is 14.6 Å². The topological polar surface area (TPSA) is 97.4 Å². The van der Waals surface area contributed by atoms with Gasteiger partial charge in [0.15, 0.2) is 26.2 Å². The van der Waals surface area contributed by atoms with E-state index < -0.39 is 32.6 Å². The summed E-state index contributed by atoms with van der Waals surface area (Å²) in [6.45, 7) is 11.3. The average molecular weight is 566 g/mol. The summed E-state index contributed by atoms with van der Waals surface area (Å²) in [7, 11) is -2.13. The largest absolute Gasteiger partial charge is 0.460 e. The second kappa shape index (κ2) is 12.5. The smallest absolute Gasteiger partial charge is 0.338 e. The Hall–Kier alpha value is -3.31. The number of hydrogen-bond donors (Lipinski definition) is 1. The zero-order chi connectivity index (χ0) is 28.9. The van der Waals surface area contributed by atoms with Gasteiger partial charge < -0.3 is 18.8 Å². The molecule has 0 aromatic heterocycles. The number of hydrazine groups is 1. The van der Waals surface area contributed by atoms with Crippen molar-refractivity contribution >= 4 is 26.0 Å². The van der Waals surface area contributed by atoms with Crippen molar-refractivity contribution in [2.75, 3.05) is 19.8 Å². The van der Waals surface area contributed by atoms with E-state index in [9.17, 15) is 14.4 Å². The van der Waals surface area contributed by atoms with Crippen molar-refractivity contribution in [3.05, 3.63) is 84.1 Å². The number of fused-ring (bicyclic) bond motifs is 1. The molecule has 2 heterocycles. The molecule has 0 aliphatic carbocycles. The number of nitrogens with one attached hydrogen (secondary N) is 1. The summed E-state index contributed by atoms with van der Waals surface area (Å²) in [5.41, 5.74) is 4.69. The summed E-state index contributed by atoms with van der Waals surface area (Å²) in [6.07, 6.45) is 1.48. The van der Waals surface area contributed by atoms with Gasteiger partial charge >= 0.3 is 5.97 Å². The number of ketones is 1. The summed E-state index contributed by atoms with van der Waals surface area (Å²) in [4.78, 5) is 41.0. The number of carbonyl (C=O) groups is 3. The summed E-state index contributed by atoms with van der Waals surface area (Å²) in [6, 6.07) is 17.3. The Morgan fingerprint density at radius 2 is 1.65 bits per heavy atom. The lowest BCUT2D eigenvalue weighted by atomic mass is 9.99. The van der Waals surface area contributed by atoms with Crippen LogP contribution in [0.25, 0.3) is 0 Å². The molecule has 4 rings (SSSR count). The highest BCUT2D eigenvalue weighted by atomic mass is 28.4. The molecule has 0 radical (unpaired) electrons. The van der Waals surface area contributed by atoms with Crippen molar-refractivity contribution < 1.29 is 28.3 Å². The van der Waals surface area contributed by atoms with E-state index in [1.165, 1.54) is 6.08 Å². The minimum Gasteiger partial charge on any atom is -0.460 e. The molecule has 0 bridgehead atoms. The summed E-state index contributed by atoms with van der Waals surface area (Å²) in [5.74, 6) is -1.04. The summed E-state index contributed by atoms with van der Waals surface area (Å²) in [5, 5.41) is 1.63. The normalized spacial score (nSPS) is 21.4. The van der Waals surface area contributed by atoms with Crippen molar-refractivity contribution in [2.45, 2.75) is 63.8 Å². The molecule has 3 atom stereocenters. The number of carbonyl (C=O) groups excluding carboxylic acids is 3. The Balaban J connectivity index is 1.51. The van der Waals surface area contributed by atoms with Gasteiger partial charge in [-0.25, -0.2) is 10.2 Å². The standard InChI is InChI=1S/C30H39N3O6Si/c1-30(2,3)40(4,5)39-21-25-31-33-17-16-24(34)27(38-20-22-12-8-6-9-13-22)26(33)28(35)32(25)18-19-37-29(36)23-14-10-7-11-15-23/h6-17,25-27,31H,18-21H2,1-5H3. The van der Waals surface area contributed by atoms with Gasteiger partial charge in [0, 0.05) is 12.3 Å². The van der Waals surface area contributed by atoms with E-state index in [0.29, 0.717) is 5.56 Å². The van der Waals surface area contributed by atoms with Gasteiger partial charge in [0.2, 0.25) is 0 Å². The molecule has 3 unspecified atom stereocenters. The fraction of sp³-hybridized carbons (Fsp3) is 0.433. The van der Waals surface area contributed by atoms with E-state index in [2.05, 4.69) is 39.3 Å². The first kappa shape index (κ1) is 29.7. The van der Waals surface area contributed by atoms with Crippen molar-refractivity contribution in [2.24, 2.45) is 0 Å². The molecule has 1 N–H and O–H groups in total. The fourth-order valence-corrected chi connectivity index (χ4v) is 5.31. The molecular formula is C30H39N3O6Si. The van der Waals surface area contributed by atoms with Crippen LogP contribution in [0, 0.1) is 0 Å². The Morgan fingerprint density at radius 3 is 2.30 bits per heavy atom. The lowest BCUT2D eigenvalue weighted by molar-refractivity contribution is -0.167. The monoisotopic (exact) mass is 565 g/mol. The number of hydrogen-bond acceptors (Lipinski definition) is 8. The van der Waals surface area contributed by atoms with Crippen LogP contribution in [0.3, 0.4) is 0 Å². The first-order valence-corrected chi connectivity index (χ1v) is 16.5. The maximum atomic E-state index is 14.0. The van der Waals surface area contributed by atoms with Gasteiger partial charge in [-0.05, 0) is 35.8 Å². The van der Waals surface area contributed by atoms with Crippen molar-refractivity contribution in [1.29, 1.82) is 0 Å². The highest BCUT2D eigenvalue weighted by Crippen LogP contribution is 2.37. The molecule has 0 spiro atoms. The van der Waals surface area contributed by atoms with Gasteiger partial charge in [-0.15, -0.1) is 0 Å². The minimum atomic E-state index is -2.13. The molecule has 1 amide bonds. The Labute approximate surface area is 237 Å². The Kier molecular flexibility index (Phi) is 9.25. The number of rotatable bonds is 10. The second-order valence-corrected chi connectivity index (χ2v) is 16.3. The average Bonchev–Trinajstić information content (AvgIpc) is 2.93. The van der Waals surface area contributed by atoms with E-state index in [-0.39, 0.29) is 43.1 Å². The molecule has 2 aromatic rings.